The summed E-state index contributed by atoms with van der Waals surface area (Å²) in [7, 11) is 0. The van der Waals surface area contributed by atoms with Gasteiger partial charge in [0.15, 0.2) is 5.82 Å². The number of nitrogens with two attached hydrogens (primary N) is 1. The number of halogens is 3. The molecule has 190 valence electrons. The summed E-state index contributed by atoms with van der Waals surface area (Å²) in [6.07, 6.45) is 4.47. The minimum absolute atomic E-state index is 0.0225. The maximum atomic E-state index is 14.6. The second-order valence-corrected chi connectivity index (χ2v) is 9.63. The Morgan fingerprint density at radius 1 is 1.05 bits per heavy atom. The van der Waals surface area contributed by atoms with E-state index in [4.69, 9.17) is 17.3 Å². The first-order valence-electron chi connectivity index (χ1n) is 12.3. The number of pyridine rings is 1. The summed E-state index contributed by atoms with van der Waals surface area (Å²) in [5.74, 6) is -1.43. The molecule has 1 aromatic heterocycles. The number of hydrogen-bond donors (Lipinski definition) is 2. The van der Waals surface area contributed by atoms with Crippen molar-refractivity contribution in [3.05, 3.63) is 113 Å². The minimum Gasteiger partial charge on any atom is -0.399 e. The maximum absolute atomic E-state index is 14.6. The van der Waals surface area contributed by atoms with E-state index >= 15 is 0 Å². The molecule has 37 heavy (non-hydrogen) atoms. The van der Waals surface area contributed by atoms with E-state index in [-0.39, 0.29) is 16.5 Å². The molecule has 4 aromatic rings. The second-order valence-electron chi connectivity index (χ2n) is 9.22. The molecule has 0 bridgehead atoms. The summed E-state index contributed by atoms with van der Waals surface area (Å²) in [5.41, 5.74) is 12.6. The number of rotatable bonds is 9. The van der Waals surface area contributed by atoms with Gasteiger partial charge in [0.1, 0.15) is 5.82 Å². The number of allylic oxidation sites excluding steroid dienone is 1. The summed E-state index contributed by atoms with van der Waals surface area (Å²) < 4.78 is 29.0. The molecule has 3 N–H and O–H groups in total. The van der Waals surface area contributed by atoms with Crippen molar-refractivity contribution in [1.82, 2.24) is 4.98 Å². The molecule has 0 aliphatic carbocycles. The van der Waals surface area contributed by atoms with Gasteiger partial charge in [-0.2, -0.15) is 0 Å². The van der Waals surface area contributed by atoms with Crippen LogP contribution in [0.2, 0.25) is 5.02 Å². The number of benzene rings is 3. The Bertz CT molecular complexity index is 1420. The molecule has 0 saturated carbocycles. The maximum Gasteiger partial charge on any atom is 0.152 e. The van der Waals surface area contributed by atoms with Crippen LogP contribution in [0, 0.1) is 11.6 Å². The lowest BCUT2D eigenvalue weighted by atomic mass is 9.88. The zero-order valence-electron chi connectivity index (χ0n) is 21.0. The van der Waals surface area contributed by atoms with Crippen LogP contribution in [0.15, 0.2) is 85.2 Å². The van der Waals surface area contributed by atoms with Crippen LogP contribution in [-0.2, 0) is 0 Å². The first-order valence-corrected chi connectivity index (χ1v) is 12.7. The summed E-state index contributed by atoms with van der Waals surface area (Å²) in [6.45, 7) is 8.02. The summed E-state index contributed by atoms with van der Waals surface area (Å²) in [6, 6.07) is 20.1. The molecule has 0 fully saturated rings. The highest BCUT2D eigenvalue weighted by Crippen LogP contribution is 2.36. The number of unbranched alkanes of at least 4 members (excludes halogenated alkanes) is 1. The van der Waals surface area contributed by atoms with E-state index in [1.807, 2.05) is 37.3 Å². The molecule has 1 atom stereocenters. The molecule has 0 unspecified atom stereocenters. The summed E-state index contributed by atoms with van der Waals surface area (Å²) >= 11 is 5.89. The number of nitrogen functional groups attached to an aromatic ring is 1. The highest BCUT2D eigenvalue weighted by atomic mass is 35.5. The van der Waals surface area contributed by atoms with Crippen LogP contribution in [0.5, 0.6) is 0 Å². The van der Waals surface area contributed by atoms with E-state index in [9.17, 15) is 8.78 Å². The number of aromatic nitrogens is 1. The quantitative estimate of drug-likeness (QED) is 0.172. The first-order chi connectivity index (χ1) is 17.8. The van der Waals surface area contributed by atoms with Crippen LogP contribution in [-0.4, -0.2) is 4.98 Å². The first kappa shape index (κ1) is 26.4. The van der Waals surface area contributed by atoms with E-state index in [1.165, 1.54) is 18.3 Å². The zero-order valence-corrected chi connectivity index (χ0v) is 21.7. The van der Waals surface area contributed by atoms with Gasteiger partial charge in [-0.25, -0.2) is 8.78 Å². The molecule has 4 rings (SSSR count). The van der Waals surface area contributed by atoms with E-state index in [1.54, 1.807) is 6.07 Å². The third-order valence-corrected chi connectivity index (χ3v) is 6.61. The fourth-order valence-electron chi connectivity index (χ4n) is 4.51. The normalized spacial score (nSPS) is 11.8. The fraction of sp³-hybridized carbons (Fsp3) is 0.194. The van der Waals surface area contributed by atoms with E-state index in [0.29, 0.717) is 11.3 Å². The smallest absolute Gasteiger partial charge is 0.152 e. The van der Waals surface area contributed by atoms with Gasteiger partial charge in [0.05, 0.1) is 10.6 Å². The van der Waals surface area contributed by atoms with Gasteiger partial charge in [-0.15, -0.1) is 0 Å². The van der Waals surface area contributed by atoms with Gasteiger partial charge >= 0.3 is 0 Å². The van der Waals surface area contributed by atoms with Gasteiger partial charge in [0.25, 0.3) is 0 Å². The molecule has 0 radical (unpaired) electrons. The van der Waals surface area contributed by atoms with Gasteiger partial charge in [0, 0.05) is 46.0 Å². The highest BCUT2D eigenvalue weighted by Gasteiger charge is 2.19. The lowest BCUT2D eigenvalue weighted by molar-refractivity contribution is 0.589. The van der Waals surface area contributed by atoms with E-state index in [0.717, 1.165) is 53.0 Å². The van der Waals surface area contributed by atoms with Crippen molar-refractivity contribution in [2.45, 2.75) is 39.0 Å². The molecule has 0 spiro atoms. The van der Waals surface area contributed by atoms with Gasteiger partial charge in [-0.1, -0.05) is 74.3 Å². The van der Waals surface area contributed by atoms with Crippen molar-refractivity contribution in [2.75, 3.05) is 11.1 Å². The van der Waals surface area contributed by atoms with Crippen molar-refractivity contribution < 1.29 is 8.78 Å². The van der Waals surface area contributed by atoms with Crippen LogP contribution in [0.4, 0.5) is 20.2 Å². The standard InChI is InChI=1S/C31H30ClF2N3/c1-4-5-9-24(28-15-10-22(18-36-28)30-27(33)14-13-26(32)31(30)34)20-7-6-8-21(16-20)25-12-11-23(35)17-29(25)37-19(2)3/h6-8,10-18,24,37H,2,4-5,9,35H2,1,3H3/t24-/m0/s1. The van der Waals surface area contributed by atoms with E-state index < -0.39 is 11.6 Å². The van der Waals surface area contributed by atoms with Crippen molar-refractivity contribution >= 4 is 23.0 Å². The SMILES string of the molecule is C=C(C)Nc1cc(N)ccc1-c1cccc([C@H](CCCC)c2ccc(-c3c(F)ccc(Cl)c3F)cn2)c1. The van der Waals surface area contributed by atoms with Crippen LogP contribution in [0.1, 0.15) is 50.3 Å². The van der Waals surface area contributed by atoms with Gasteiger partial charge in [-0.05, 0) is 54.8 Å². The molecule has 0 amide bonds. The van der Waals surface area contributed by atoms with Crippen molar-refractivity contribution in [1.29, 1.82) is 0 Å². The molecule has 0 saturated heterocycles. The van der Waals surface area contributed by atoms with Crippen LogP contribution >= 0.6 is 11.6 Å². The number of anilines is 2. The van der Waals surface area contributed by atoms with Gasteiger partial charge < -0.3 is 11.1 Å². The Kier molecular flexibility index (Phi) is 8.24. The lowest BCUT2D eigenvalue weighted by Crippen LogP contribution is -2.05. The number of nitrogens with zero attached hydrogens (tertiary/aromatic N) is 1. The predicted molar refractivity (Wildman–Crippen MR) is 151 cm³/mol. The minimum atomic E-state index is -0.783. The van der Waals surface area contributed by atoms with Crippen molar-refractivity contribution in [3.8, 4) is 22.3 Å². The molecule has 6 heteroatoms. The molecule has 3 nitrogen and oxygen atoms in total. The molecular weight excluding hydrogens is 488 g/mol. The van der Waals surface area contributed by atoms with Crippen LogP contribution in [0.25, 0.3) is 22.3 Å². The fourth-order valence-corrected chi connectivity index (χ4v) is 4.67. The third-order valence-electron chi connectivity index (χ3n) is 6.31. The number of nitrogens with one attached hydrogen (secondary N) is 1. The Labute approximate surface area is 222 Å². The highest BCUT2D eigenvalue weighted by molar-refractivity contribution is 6.31. The predicted octanol–water partition coefficient (Wildman–Crippen LogP) is 9.20. The molecular formula is C31H30ClF2N3. The topological polar surface area (TPSA) is 50.9 Å². The van der Waals surface area contributed by atoms with Crippen LogP contribution in [0.3, 0.4) is 0 Å². The average molecular weight is 518 g/mol. The van der Waals surface area contributed by atoms with Crippen molar-refractivity contribution in [3.63, 3.8) is 0 Å². The zero-order chi connectivity index (χ0) is 26.5. The Morgan fingerprint density at radius 2 is 1.86 bits per heavy atom. The molecule has 0 aliphatic rings. The Morgan fingerprint density at radius 3 is 2.57 bits per heavy atom. The number of hydrogen-bond acceptors (Lipinski definition) is 3. The van der Waals surface area contributed by atoms with E-state index in [2.05, 4.69) is 42.0 Å². The summed E-state index contributed by atoms with van der Waals surface area (Å²) in [4.78, 5) is 4.65. The van der Waals surface area contributed by atoms with Crippen molar-refractivity contribution in [2.24, 2.45) is 0 Å². The monoisotopic (exact) mass is 517 g/mol. The van der Waals surface area contributed by atoms with Crippen LogP contribution < -0.4 is 11.1 Å². The average Bonchev–Trinajstić information content (AvgIpc) is 2.87. The largest absolute Gasteiger partial charge is 0.399 e. The Hall–Kier alpha value is -3.70. The lowest BCUT2D eigenvalue weighted by Gasteiger charge is -2.19. The third kappa shape index (κ3) is 6.00. The summed E-state index contributed by atoms with van der Waals surface area (Å²) in [5, 5.41) is 3.18. The molecule has 1 heterocycles. The molecule has 3 aromatic carbocycles. The van der Waals surface area contributed by atoms with Gasteiger partial charge in [0.2, 0.25) is 0 Å². The second kappa shape index (κ2) is 11.6. The Balaban J connectivity index is 1.73. The molecule has 0 aliphatic heterocycles. The van der Waals surface area contributed by atoms with Gasteiger partial charge in [-0.3, -0.25) is 4.98 Å².